The summed E-state index contributed by atoms with van der Waals surface area (Å²) in [5.41, 5.74) is 11.7. The molecule has 0 saturated carbocycles. The van der Waals surface area contributed by atoms with Crippen LogP contribution in [0.1, 0.15) is 101 Å². The first kappa shape index (κ1) is 16.9. The molecule has 0 atom stereocenters. The quantitative estimate of drug-likeness (QED) is 0.566. The molecule has 20 heavy (non-hydrogen) atoms. The van der Waals surface area contributed by atoms with Gasteiger partial charge in [-0.3, -0.25) is 0 Å². The summed E-state index contributed by atoms with van der Waals surface area (Å²) in [6.07, 6.45) is 0. The lowest BCUT2D eigenvalue weighted by molar-refractivity contribution is 0.463. The van der Waals surface area contributed by atoms with Gasteiger partial charge in [0.05, 0.1) is 5.69 Å². The second kappa shape index (κ2) is 6.07. The normalized spacial score (nSPS) is 12.2. The summed E-state index contributed by atoms with van der Waals surface area (Å²) in [6, 6.07) is 0. The molecule has 0 aromatic heterocycles. The molecule has 0 aliphatic carbocycles. The highest BCUT2D eigenvalue weighted by molar-refractivity contribution is 5.70. The van der Waals surface area contributed by atoms with Gasteiger partial charge >= 0.3 is 0 Å². The van der Waals surface area contributed by atoms with Crippen LogP contribution >= 0.6 is 0 Å². The molecule has 0 spiro atoms. The van der Waals surface area contributed by atoms with Crippen molar-refractivity contribution < 1.29 is 5.11 Å². The summed E-state index contributed by atoms with van der Waals surface area (Å²) in [7, 11) is 0. The van der Waals surface area contributed by atoms with E-state index in [9.17, 15) is 5.11 Å². The van der Waals surface area contributed by atoms with Crippen LogP contribution in [0.4, 0.5) is 5.69 Å². The van der Waals surface area contributed by atoms with E-state index in [0.717, 1.165) is 11.1 Å². The fourth-order valence-electron chi connectivity index (χ4n) is 3.29. The summed E-state index contributed by atoms with van der Waals surface area (Å²) >= 11 is 0. The minimum absolute atomic E-state index is 0.272. The first-order chi connectivity index (χ1) is 9.11. The lowest BCUT2D eigenvalue weighted by Crippen LogP contribution is -2.13. The number of hydrogen-bond acceptors (Lipinski definition) is 2. The highest BCUT2D eigenvalue weighted by Crippen LogP contribution is 2.47. The van der Waals surface area contributed by atoms with Gasteiger partial charge in [0.1, 0.15) is 5.75 Å². The fraction of sp³-hybridized carbons (Fsp3) is 0.667. The number of phenols is 1. The van der Waals surface area contributed by atoms with Crippen LogP contribution in [0.25, 0.3) is 0 Å². The van der Waals surface area contributed by atoms with Gasteiger partial charge in [-0.1, -0.05) is 55.4 Å². The van der Waals surface area contributed by atoms with Crippen molar-refractivity contribution in [3.05, 3.63) is 22.3 Å². The Balaban J connectivity index is 3.93. The van der Waals surface area contributed by atoms with Gasteiger partial charge in [0.25, 0.3) is 0 Å². The third kappa shape index (κ3) is 2.79. The number of nitrogens with two attached hydrogens (primary N) is 1. The number of phenolic OH excluding ortho intramolecular Hbond substituents is 1. The summed E-state index contributed by atoms with van der Waals surface area (Å²) in [4.78, 5) is 0. The molecular formula is C18H31NO. The van der Waals surface area contributed by atoms with E-state index in [4.69, 9.17) is 5.73 Å². The molecule has 0 bridgehead atoms. The maximum atomic E-state index is 10.6. The van der Waals surface area contributed by atoms with Crippen LogP contribution < -0.4 is 5.73 Å². The maximum Gasteiger partial charge on any atom is 0.142 e. The monoisotopic (exact) mass is 277 g/mol. The van der Waals surface area contributed by atoms with E-state index in [2.05, 4.69) is 55.4 Å². The maximum absolute atomic E-state index is 10.6. The van der Waals surface area contributed by atoms with E-state index < -0.39 is 0 Å². The first-order valence-corrected chi connectivity index (χ1v) is 7.79. The van der Waals surface area contributed by atoms with E-state index >= 15 is 0 Å². The van der Waals surface area contributed by atoms with Crippen molar-refractivity contribution in [1.82, 2.24) is 0 Å². The van der Waals surface area contributed by atoms with Gasteiger partial charge in [0, 0.05) is 5.56 Å². The molecule has 0 heterocycles. The van der Waals surface area contributed by atoms with Crippen LogP contribution in [-0.4, -0.2) is 5.11 Å². The summed E-state index contributed by atoms with van der Waals surface area (Å²) in [5.74, 6) is 1.68. The zero-order chi connectivity index (χ0) is 15.8. The highest BCUT2D eigenvalue weighted by atomic mass is 16.3. The van der Waals surface area contributed by atoms with Gasteiger partial charge in [-0.05, 0) is 40.4 Å². The van der Waals surface area contributed by atoms with Gasteiger partial charge < -0.3 is 10.8 Å². The van der Waals surface area contributed by atoms with Gasteiger partial charge in [-0.15, -0.1) is 0 Å². The Kier molecular flexibility index (Phi) is 5.12. The molecule has 1 aromatic rings. The van der Waals surface area contributed by atoms with Gasteiger partial charge in [0.15, 0.2) is 0 Å². The zero-order valence-electron chi connectivity index (χ0n) is 14.3. The number of benzene rings is 1. The van der Waals surface area contributed by atoms with Crippen molar-refractivity contribution in [2.45, 2.75) is 79.1 Å². The molecule has 0 radical (unpaired) electrons. The second-order valence-corrected chi connectivity index (χ2v) is 7.04. The van der Waals surface area contributed by atoms with Crippen molar-refractivity contribution in [2.24, 2.45) is 0 Å². The van der Waals surface area contributed by atoms with Crippen molar-refractivity contribution in [3.63, 3.8) is 0 Å². The largest absolute Gasteiger partial charge is 0.505 e. The number of rotatable bonds is 4. The molecule has 3 N–H and O–H groups in total. The van der Waals surface area contributed by atoms with Crippen LogP contribution in [0.2, 0.25) is 0 Å². The van der Waals surface area contributed by atoms with Crippen molar-refractivity contribution in [3.8, 4) is 5.75 Å². The van der Waals surface area contributed by atoms with Gasteiger partial charge in [0.2, 0.25) is 0 Å². The topological polar surface area (TPSA) is 46.2 Å². The van der Waals surface area contributed by atoms with Crippen molar-refractivity contribution >= 4 is 5.69 Å². The molecule has 0 aliphatic heterocycles. The third-order valence-corrected chi connectivity index (χ3v) is 3.98. The number of anilines is 1. The predicted octanol–water partition coefficient (Wildman–Crippen LogP) is 5.47. The lowest BCUT2D eigenvalue weighted by atomic mass is 9.77. The molecule has 0 aliphatic rings. The highest BCUT2D eigenvalue weighted by Gasteiger charge is 2.27. The minimum atomic E-state index is 0.272. The standard InChI is InChI=1S/C18H31NO/c1-9(2)13-14(10(3)4)16(12(7)8)18(20)17(19)15(13)11(5)6/h9-12,20H,19H2,1-8H3. The number of aromatic hydroxyl groups is 1. The van der Waals surface area contributed by atoms with E-state index in [1.807, 2.05) is 0 Å². The number of hydrogen-bond donors (Lipinski definition) is 2. The molecule has 0 amide bonds. The Hall–Kier alpha value is -1.18. The molecular weight excluding hydrogens is 246 g/mol. The van der Waals surface area contributed by atoms with E-state index in [-0.39, 0.29) is 5.92 Å². The molecule has 0 fully saturated rings. The predicted molar refractivity (Wildman–Crippen MR) is 88.9 cm³/mol. The zero-order valence-corrected chi connectivity index (χ0v) is 14.3. The fourth-order valence-corrected chi connectivity index (χ4v) is 3.29. The summed E-state index contributed by atoms with van der Waals surface area (Å²) in [6.45, 7) is 17.4. The summed E-state index contributed by atoms with van der Waals surface area (Å²) < 4.78 is 0. The third-order valence-electron chi connectivity index (χ3n) is 3.98. The Morgan fingerprint density at radius 1 is 0.600 bits per heavy atom. The molecule has 0 saturated heterocycles. The average molecular weight is 277 g/mol. The SMILES string of the molecule is CC(C)c1c(N)c(O)c(C(C)C)c(C(C)C)c1C(C)C. The Morgan fingerprint density at radius 3 is 1.20 bits per heavy atom. The van der Waals surface area contributed by atoms with Crippen LogP contribution in [-0.2, 0) is 0 Å². The van der Waals surface area contributed by atoms with Crippen LogP contribution in [0, 0.1) is 0 Å². The van der Waals surface area contributed by atoms with Crippen LogP contribution in [0.3, 0.4) is 0 Å². The lowest BCUT2D eigenvalue weighted by Gasteiger charge is -2.29. The number of nitrogen functional groups attached to an aromatic ring is 1. The Labute approximate surface area is 124 Å². The molecule has 2 heteroatoms. The van der Waals surface area contributed by atoms with E-state index in [0.29, 0.717) is 29.2 Å². The van der Waals surface area contributed by atoms with E-state index in [1.165, 1.54) is 11.1 Å². The molecule has 1 aromatic carbocycles. The molecule has 2 nitrogen and oxygen atoms in total. The van der Waals surface area contributed by atoms with Crippen molar-refractivity contribution in [2.75, 3.05) is 5.73 Å². The Morgan fingerprint density at radius 2 is 0.900 bits per heavy atom. The Bertz CT molecular complexity index is 440. The minimum Gasteiger partial charge on any atom is -0.505 e. The van der Waals surface area contributed by atoms with Crippen LogP contribution in [0.15, 0.2) is 0 Å². The smallest absolute Gasteiger partial charge is 0.142 e. The second-order valence-electron chi connectivity index (χ2n) is 7.04. The first-order valence-electron chi connectivity index (χ1n) is 7.79. The molecule has 0 unspecified atom stereocenters. The van der Waals surface area contributed by atoms with Crippen LogP contribution in [0.5, 0.6) is 5.75 Å². The molecule has 114 valence electrons. The molecule has 1 rings (SSSR count). The van der Waals surface area contributed by atoms with Crippen molar-refractivity contribution in [1.29, 1.82) is 0 Å². The summed E-state index contributed by atoms with van der Waals surface area (Å²) in [5, 5.41) is 10.6. The van der Waals surface area contributed by atoms with E-state index in [1.54, 1.807) is 0 Å². The van der Waals surface area contributed by atoms with Gasteiger partial charge in [-0.2, -0.15) is 0 Å². The van der Waals surface area contributed by atoms with Gasteiger partial charge in [-0.25, -0.2) is 0 Å². The average Bonchev–Trinajstić information content (AvgIpc) is 2.29.